The van der Waals surface area contributed by atoms with Crippen molar-refractivity contribution in [3.63, 3.8) is 0 Å². The highest BCUT2D eigenvalue weighted by Gasteiger charge is 2.51. The van der Waals surface area contributed by atoms with Crippen LogP contribution < -0.4 is 0 Å². The van der Waals surface area contributed by atoms with E-state index < -0.39 is 11.2 Å². The zero-order chi connectivity index (χ0) is 20.5. The first-order valence-electron chi connectivity index (χ1n) is 11.1. The second-order valence-electron chi connectivity index (χ2n) is 7.96. The summed E-state index contributed by atoms with van der Waals surface area (Å²) < 4.78 is 13.1. The summed E-state index contributed by atoms with van der Waals surface area (Å²) >= 11 is 0. The van der Waals surface area contributed by atoms with Crippen molar-refractivity contribution in [2.24, 2.45) is 0 Å². The lowest BCUT2D eigenvalue weighted by Gasteiger charge is -2.42. The Bertz CT molecular complexity index is 563. The first-order chi connectivity index (χ1) is 13.6. The maximum Gasteiger partial charge on any atom is 0.204 e. The number of rotatable bonds is 12. The van der Waals surface area contributed by atoms with Gasteiger partial charge in [-0.1, -0.05) is 77.0 Å². The number of Topliss-reactive ketones (excluding diaryl/α,β-unsaturated/α-hetero) is 1. The van der Waals surface area contributed by atoms with Crippen LogP contribution in [0, 0.1) is 0 Å². The molecule has 28 heavy (non-hydrogen) atoms. The molecule has 3 nitrogen and oxygen atoms in total. The Balaban J connectivity index is 2.37. The summed E-state index contributed by atoms with van der Waals surface area (Å²) in [5.74, 6) is 0.0327. The summed E-state index contributed by atoms with van der Waals surface area (Å²) in [5.41, 5.74) is -1.91. The van der Waals surface area contributed by atoms with Gasteiger partial charge in [-0.3, -0.25) is 4.79 Å². The Labute approximate surface area is 171 Å². The van der Waals surface area contributed by atoms with Crippen LogP contribution in [0.15, 0.2) is 48.6 Å². The maximum absolute atomic E-state index is 14.1. The van der Waals surface area contributed by atoms with Gasteiger partial charge in [-0.15, -0.1) is 0 Å². The summed E-state index contributed by atoms with van der Waals surface area (Å²) in [4.78, 5) is 14.1. The molecule has 0 aliphatic heterocycles. The molecule has 2 aliphatic carbocycles. The lowest BCUT2D eigenvalue weighted by Crippen LogP contribution is -2.56. The summed E-state index contributed by atoms with van der Waals surface area (Å²) in [5, 5.41) is 0. The van der Waals surface area contributed by atoms with E-state index >= 15 is 0 Å². The average molecular weight is 387 g/mol. The standard InChI is InChI=1S/C25H38O3/c1-5-15-21(7-3)27-24(17-11-9-12-18-24)23(26)25(19-13-10-14-20-25)28-22(8-4)16-6-2/h9-14,17,19,21-22H,5-8,15-16,18,20H2,1-4H3. The van der Waals surface area contributed by atoms with Crippen LogP contribution >= 0.6 is 0 Å². The Morgan fingerprint density at radius 1 is 0.786 bits per heavy atom. The van der Waals surface area contributed by atoms with Crippen molar-refractivity contribution in [2.45, 2.75) is 102 Å². The molecule has 0 aromatic carbocycles. The third-order valence-corrected chi connectivity index (χ3v) is 5.72. The number of hydrogen-bond acceptors (Lipinski definition) is 3. The molecule has 156 valence electrons. The predicted molar refractivity (Wildman–Crippen MR) is 116 cm³/mol. The number of carbonyl (C=O) groups is 1. The monoisotopic (exact) mass is 386 g/mol. The van der Waals surface area contributed by atoms with E-state index in [2.05, 4.69) is 27.7 Å². The van der Waals surface area contributed by atoms with Gasteiger partial charge in [0.25, 0.3) is 0 Å². The summed E-state index contributed by atoms with van der Waals surface area (Å²) in [6.07, 6.45) is 22.9. The zero-order valence-corrected chi connectivity index (χ0v) is 18.2. The van der Waals surface area contributed by atoms with Crippen molar-refractivity contribution in [1.29, 1.82) is 0 Å². The maximum atomic E-state index is 14.1. The molecule has 0 N–H and O–H groups in total. The van der Waals surface area contributed by atoms with E-state index in [0.29, 0.717) is 12.8 Å². The third kappa shape index (κ3) is 5.33. The number of allylic oxidation sites excluding steroid dienone is 4. The van der Waals surface area contributed by atoms with Crippen LogP contribution in [0.1, 0.15) is 79.1 Å². The molecule has 2 rings (SSSR count). The Kier molecular flexibility index (Phi) is 8.91. The molecule has 0 radical (unpaired) electrons. The normalized spacial score (nSPS) is 28.4. The lowest BCUT2D eigenvalue weighted by atomic mass is 9.77. The highest BCUT2D eigenvalue weighted by atomic mass is 16.5. The van der Waals surface area contributed by atoms with E-state index in [1.54, 1.807) is 0 Å². The molecule has 4 unspecified atom stereocenters. The molecule has 0 heterocycles. The van der Waals surface area contributed by atoms with Gasteiger partial charge < -0.3 is 9.47 Å². The first-order valence-corrected chi connectivity index (χ1v) is 11.1. The molecular formula is C25H38O3. The average Bonchev–Trinajstić information content (AvgIpc) is 2.74. The van der Waals surface area contributed by atoms with Gasteiger partial charge in [0.15, 0.2) is 11.2 Å². The Morgan fingerprint density at radius 2 is 1.21 bits per heavy atom. The fourth-order valence-electron chi connectivity index (χ4n) is 4.11. The molecule has 0 aromatic rings. The fraction of sp³-hybridized carbons (Fsp3) is 0.640. The lowest BCUT2D eigenvalue weighted by molar-refractivity contribution is -0.171. The molecule has 0 bridgehead atoms. The second-order valence-corrected chi connectivity index (χ2v) is 7.96. The van der Waals surface area contributed by atoms with Gasteiger partial charge in [0.05, 0.1) is 12.2 Å². The van der Waals surface area contributed by atoms with Crippen LogP contribution in [-0.2, 0) is 14.3 Å². The molecule has 0 amide bonds. The van der Waals surface area contributed by atoms with Crippen LogP contribution in [0.4, 0.5) is 0 Å². The molecule has 0 saturated heterocycles. The highest BCUT2D eigenvalue weighted by Crippen LogP contribution is 2.37. The quantitative estimate of drug-likeness (QED) is 0.397. The smallest absolute Gasteiger partial charge is 0.204 e. The topological polar surface area (TPSA) is 35.5 Å². The fourth-order valence-corrected chi connectivity index (χ4v) is 4.11. The van der Waals surface area contributed by atoms with Gasteiger partial charge in [0.2, 0.25) is 5.78 Å². The number of ketones is 1. The van der Waals surface area contributed by atoms with E-state index in [-0.39, 0.29) is 18.0 Å². The molecule has 2 aliphatic rings. The predicted octanol–water partition coefficient (Wildman–Crippen LogP) is 6.26. The minimum absolute atomic E-state index is 0.0327. The number of hydrogen-bond donors (Lipinski definition) is 0. The summed E-state index contributed by atoms with van der Waals surface area (Å²) in [6, 6.07) is 0. The van der Waals surface area contributed by atoms with Crippen molar-refractivity contribution in [2.75, 3.05) is 0 Å². The number of ether oxygens (including phenoxy) is 2. The minimum Gasteiger partial charge on any atom is -0.359 e. The molecule has 4 atom stereocenters. The highest BCUT2D eigenvalue weighted by molar-refractivity contribution is 5.99. The van der Waals surface area contributed by atoms with Crippen molar-refractivity contribution in [3.05, 3.63) is 48.6 Å². The van der Waals surface area contributed by atoms with Gasteiger partial charge in [0, 0.05) is 12.8 Å². The first kappa shape index (κ1) is 22.8. The summed E-state index contributed by atoms with van der Waals surface area (Å²) in [6.45, 7) is 8.58. The van der Waals surface area contributed by atoms with Crippen LogP contribution in [0.5, 0.6) is 0 Å². The largest absolute Gasteiger partial charge is 0.359 e. The molecule has 0 aromatic heterocycles. The van der Waals surface area contributed by atoms with Gasteiger partial charge in [-0.05, 0) is 37.8 Å². The Hall–Kier alpha value is -1.45. The Morgan fingerprint density at radius 3 is 1.50 bits per heavy atom. The minimum atomic E-state index is -0.954. The molecule has 3 heteroatoms. The van der Waals surface area contributed by atoms with E-state index in [4.69, 9.17) is 9.47 Å². The van der Waals surface area contributed by atoms with E-state index in [1.165, 1.54) is 0 Å². The SMILES string of the molecule is CCCC(CC)OC1(C(=O)C2(OC(CC)CCC)C=CC=CC2)C=CC=CC1. The van der Waals surface area contributed by atoms with E-state index in [9.17, 15) is 4.79 Å². The van der Waals surface area contributed by atoms with Crippen LogP contribution in [0.3, 0.4) is 0 Å². The van der Waals surface area contributed by atoms with Crippen LogP contribution in [-0.4, -0.2) is 29.2 Å². The molecule has 0 spiro atoms. The van der Waals surface area contributed by atoms with Crippen molar-refractivity contribution >= 4 is 5.78 Å². The second kappa shape index (κ2) is 10.9. The van der Waals surface area contributed by atoms with E-state index in [0.717, 1.165) is 38.5 Å². The third-order valence-electron chi connectivity index (χ3n) is 5.72. The number of carbonyl (C=O) groups excluding carboxylic acids is 1. The van der Waals surface area contributed by atoms with Crippen molar-refractivity contribution < 1.29 is 14.3 Å². The van der Waals surface area contributed by atoms with Crippen LogP contribution in [0.2, 0.25) is 0 Å². The zero-order valence-electron chi connectivity index (χ0n) is 18.2. The van der Waals surface area contributed by atoms with Gasteiger partial charge in [0.1, 0.15) is 0 Å². The van der Waals surface area contributed by atoms with Crippen molar-refractivity contribution in [1.82, 2.24) is 0 Å². The van der Waals surface area contributed by atoms with Crippen molar-refractivity contribution in [3.8, 4) is 0 Å². The summed E-state index contributed by atoms with van der Waals surface area (Å²) in [7, 11) is 0. The van der Waals surface area contributed by atoms with Gasteiger partial charge in [-0.2, -0.15) is 0 Å². The van der Waals surface area contributed by atoms with Crippen LogP contribution in [0.25, 0.3) is 0 Å². The van der Waals surface area contributed by atoms with Gasteiger partial charge in [-0.25, -0.2) is 0 Å². The van der Waals surface area contributed by atoms with Gasteiger partial charge >= 0.3 is 0 Å². The molecular weight excluding hydrogens is 348 g/mol. The molecule has 0 saturated carbocycles. The van der Waals surface area contributed by atoms with E-state index in [1.807, 2.05) is 48.6 Å². The molecule has 0 fully saturated rings.